The van der Waals surface area contributed by atoms with Crippen molar-refractivity contribution in [3.8, 4) is 0 Å². The van der Waals surface area contributed by atoms with Crippen molar-refractivity contribution in [2.24, 2.45) is 11.0 Å². The second kappa shape index (κ2) is 10.4. The zero-order valence-electron chi connectivity index (χ0n) is 18.5. The van der Waals surface area contributed by atoms with Gasteiger partial charge in [-0.25, -0.2) is 9.40 Å². The van der Waals surface area contributed by atoms with Gasteiger partial charge < -0.3 is 4.74 Å². The summed E-state index contributed by atoms with van der Waals surface area (Å²) < 4.78 is 18.5. The van der Waals surface area contributed by atoms with E-state index in [0.29, 0.717) is 49.7 Å². The van der Waals surface area contributed by atoms with Crippen molar-refractivity contribution >= 4 is 29.2 Å². The van der Waals surface area contributed by atoms with E-state index >= 15 is 0 Å². The van der Waals surface area contributed by atoms with Crippen LogP contribution < -0.4 is 0 Å². The molecule has 0 spiro atoms. The highest BCUT2D eigenvalue weighted by Gasteiger charge is 2.35. The maximum absolute atomic E-state index is 13.4. The van der Waals surface area contributed by atoms with Gasteiger partial charge in [-0.05, 0) is 62.2 Å². The number of carbonyl (C=O) groups excluding carboxylic acids is 2. The zero-order valence-corrected chi connectivity index (χ0v) is 19.3. The van der Waals surface area contributed by atoms with Crippen LogP contribution in [0.15, 0.2) is 53.6 Å². The lowest BCUT2D eigenvalue weighted by molar-refractivity contribution is -0.149. The standard InChI is InChI=1S/C25H27ClFN3O3/c1-2-33-25(32)18-11-13-29(14-12-18)16-24(31)30-23(20-5-3-4-6-21(20)26)15-22(28-30)17-7-9-19(27)10-8-17/h3-10,18,23H,2,11-16H2,1H3/t23-/m1/s1. The molecule has 0 saturated carbocycles. The summed E-state index contributed by atoms with van der Waals surface area (Å²) in [5.41, 5.74) is 2.32. The lowest BCUT2D eigenvalue weighted by Gasteiger charge is -2.32. The predicted octanol–water partition coefficient (Wildman–Crippen LogP) is 4.43. The Morgan fingerprint density at radius 3 is 2.48 bits per heavy atom. The molecule has 33 heavy (non-hydrogen) atoms. The number of piperidine rings is 1. The van der Waals surface area contributed by atoms with Crippen LogP contribution in [0, 0.1) is 11.7 Å². The van der Waals surface area contributed by atoms with E-state index in [9.17, 15) is 14.0 Å². The topological polar surface area (TPSA) is 62.2 Å². The molecule has 2 heterocycles. The quantitative estimate of drug-likeness (QED) is 0.585. The third-order valence-corrected chi connectivity index (χ3v) is 6.52. The summed E-state index contributed by atoms with van der Waals surface area (Å²) >= 11 is 6.46. The van der Waals surface area contributed by atoms with Gasteiger partial charge in [-0.1, -0.05) is 41.9 Å². The van der Waals surface area contributed by atoms with Crippen LogP contribution in [0.4, 0.5) is 4.39 Å². The van der Waals surface area contributed by atoms with Crippen LogP contribution in [0.3, 0.4) is 0 Å². The molecule has 2 aliphatic rings. The van der Waals surface area contributed by atoms with Crippen LogP contribution in [0.1, 0.15) is 43.4 Å². The molecule has 0 aliphatic carbocycles. The van der Waals surface area contributed by atoms with Crippen LogP contribution >= 0.6 is 11.6 Å². The predicted molar refractivity (Wildman–Crippen MR) is 124 cm³/mol. The van der Waals surface area contributed by atoms with Gasteiger partial charge in [0.05, 0.1) is 30.8 Å². The van der Waals surface area contributed by atoms with Gasteiger partial charge in [0.2, 0.25) is 0 Å². The molecule has 1 amide bonds. The number of hydrazone groups is 1. The molecule has 1 atom stereocenters. The molecule has 2 aromatic rings. The average molecular weight is 472 g/mol. The number of rotatable bonds is 6. The van der Waals surface area contributed by atoms with Gasteiger partial charge >= 0.3 is 5.97 Å². The number of nitrogens with zero attached hydrogens (tertiary/aromatic N) is 3. The minimum absolute atomic E-state index is 0.109. The Labute approximate surface area is 198 Å². The summed E-state index contributed by atoms with van der Waals surface area (Å²) in [5, 5.41) is 6.72. The van der Waals surface area contributed by atoms with E-state index in [1.807, 2.05) is 23.1 Å². The number of esters is 1. The molecule has 1 saturated heterocycles. The van der Waals surface area contributed by atoms with E-state index in [1.54, 1.807) is 25.1 Å². The van der Waals surface area contributed by atoms with E-state index in [1.165, 1.54) is 17.1 Å². The highest BCUT2D eigenvalue weighted by atomic mass is 35.5. The Bertz CT molecular complexity index is 1040. The molecular weight excluding hydrogens is 445 g/mol. The van der Waals surface area contributed by atoms with Crippen molar-refractivity contribution < 1.29 is 18.7 Å². The SMILES string of the molecule is CCOC(=O)C1CCN(CC(=O)N2N=C(c3ccc(F)cc3)C[C@@H]2c2ccccc2Cl)CC1. The van der Waals surface area contributed by atoms with Crippen molar-refractivity contribution in [1.82, 2.24) is 9.91 Å². The normalized spacial score (nSPS) is 19.4. The Morgan fingerprint density at radius 1 is 1.12 bits per heavy atom. The van der Waals surface area contributed by atoms with E-state index in [-0.39, 0.29) is 36.2 Å². The van der Waals surface area contributed by atoms with Crippen LogP contribution in [0.5, 0.6) is 0 Å². The fraction of sp³-hybridized carbons (Fsp3) is 0.400. The molecule has 0 bridgehead atoms. The Kier molecular flexibility index (Phi) is 7.40. The van der Waals surface area contributed by atoms with Gasteiger partial charge in [0, 0.05) is 11.4 Å². The molecule has 8 heteroatoms. The van der Waals surface area contributed by atoms with Gasteiger partial charge in [0.15, 0.2) is 0 Å². The first-order chi connectivity index (χ1) is 16.0. The van der Waals surface area contributed by atoms with Gasteiger partial charge in [-0.15, -0.1) is 0 Å². The summed E-state index contributed by atoms with van der Waals surface area (Å²) in [6.45, 7) is 3.68. The molecule has 0 aromatic heterocycles. The number of halogens is 2. The van der Waals surface area contributed by atoms with Crippen LogP contribution in [0.2, 0.25) is 5.02 Å². The van der Waals surface area contributed by atoms with Gasteiger partial charge in [0.1, 0.15) is 5.82 Å². The second-order valence-corrected chi connectivity index (χ2v) is 8.74. The fourth-order valence-corrected chi connectivity index (χ4v) is 4.66. The lowest BCUT2D eigenvalue weighted by Crippen LogP contribution is -2.43. The van der Waals surface area contributed by atoms with Crippen molar-refractivity contribution in [3.05, 3.63) is 70.5 Å². The van der Waals surface area contributed by atoms with Crippen LogP contribution in [0.25, 0.3) is 0 Å². The van der Waals surface area contributed by atoms with Gasteiger partial charge in [0.25, 0.3) is 5.91 Å². The first kappa shape index (κ1) is 23.4. The highest BCUT2D eigenvalue weighted by molar-refractivity contribution is 6.31. The lowest BCUT2D eigenvalue weighted by atomic mass is 9.97. The third kappa shape index (κ3) is 5.42. The van der Waals surface area contributed by atoms with E-state index in [0.717, 1.165) is 11.1 Å². The molecule has 0 N–H and O–H groups in total. The van der Waals surface area contributed by atoms with Crippen molar-refractivity contribution in [1.29, 1.82) is 0 Å². The monoisotopic (exact) mass is 471 g/mol. The number of amides is 1. The summed E-state index contributed by atoms with van der Waals surface area (Å²) in [7, 11) is 0. The maximum Gasteiger partial charge on any atom is 0.309 e. The molecule has 4 rings (SSSR count). The molecule has 1 fully saturated rings. The summed E-state index contributed by atoms with van der Waals surface area (Å²) in [6, 6.07) is 13.2. The third-order valence-electron chi connectivity index (χ3n) is 6.17. The van der Waals surface area contributed by atoms with Crippen molar-refractivity contribution in [2.75, 3.05) is 26.2 Å². The Balaban J connectivity index is 1.49. The van der Waals surface area contributed by atoms with Gasteiger partial charge in [-0.2, -0.15) is 5.10 Å². The van der Waals surface area contributed by atoms with Crippen molar-refractivity contribution in [2.45, 2.75) is 32.2 Å². The minimum Gasteiger partial charge on any atom is -0.466 e. The van der Waals surface area contributed by atoms with Crippen LogP contribution in [-0.2, 0) is 14.3 Å². The minimum atomic E-state index is -0.330. The smallest absolute Gasteiger partial charge is 0.309 e. The molecule has 0 radical (unpaired) electrons. The largest absolute Gasteiger partial charge is 0.466 e. The summed E-state index contributed by atoms with van der Waals surface area (Å²) in [6.07, 6.45) is 1.83. The zero-order chi connectivity index (χ0) is 23.4. The van der Waals surface area contributed by atoms with Crippen molar-refractivity contribution in [3.63, 3.8) is 0 Å². The van der Waals surface area contributed by atoms with Crippen LogP contribution in [-0.4, -0.2) is 53.7 Å². The first-order valence-electron chi connectivity index (χ1n) is 11.2. The number of carbonyl (C=O) groups is 2. The van der Waals surface area contributed by atoms with Gasteiger partial charge in [-0.3, -0.25) is 14.5 Å². The Hall–Kier alpha value is -2.77. The molecule has 174 valence electrons. The number of benzene rings is 2. The number of hydrogen-bond acceptors (Lipinski definition) is 5. The van der Waals surface area contributed by atoms with E-state index in [2.05, 4.69) is 5.10 Å². The summed E-state index contributed by atoms with van der Waals surface area (Å²) in [5.74, 6) is -0.719. The molecule has 2 aliphatic heterocycles. The highest BCUT2D eigenvalue weighted by Crippen LogP contribution is 2.36. The number of likely N-dealkylation sites (tertiary alicyclic amines) is 1. The Morgan fingerprint density at radius 2 is 1.82 bits per heavy atom. The molecule has 2 aromatic carbocycles. The summed E-state index contributed by atoms with van der Waals surface area (Å²) in [4.78, 5) is 27.4. The average Bonchev–Trinajstić information content (AvgIpc) is 3.26. The molecular formula is C25H27ClFN3O3. The molecule has 0 unspecified atom stereocenters. The van der Waals surface area contributed by atoms with E-state index in [4.69, 9.17) is 16.3 Å². The first-order valence-corrected chi connectivity index (χ1v) is 11.6. The number of hydrogen-bond donors (Lipinski definition) is 0. The second-order valence-electron chi connectivity index (χ2n) is 8.34. The number of ether oxygens (including phenoxy) is 1. The molecule has 6 nitrogen and oxygen atoms in total. The fourth-order valence-electron chi connectivity index (χ4n) is 4.40. The maximum atomic E-state index is 13.4. The van der Waals surface area contributed by atoms with E-state index < -0.39 is 0 Å².